The summed E-state index contributed by atoms with van der Waals surface area (Å²) in [6.45, 7) is 0. The largest absolute Gasteiger partial charge is 0.301 e. The van der Waals surface area contributed by atoms with Gasteiger partial charge in [-0.1, -0.05) is 309 Å². The van der Waals surface area contributed by atoms with Crippen LogP contribution in [0.5, 0.6) is 0 Å². The number of fused-ring (bicyclic) bond motifs is 30. The summed E-state index contributed by atoms with van der Waals surface area (Å²) in [4.78, 5) is 0. The Balaban J connectivity index is 0.000000133. The molecule has 126 heavy (non-hydrogen) atoms. The van der Waals surface area contributed by atoms with Gasteiger partial charge in [-0.05, 0) is 108 Å². The fourth-order valence-electron chi connectivity index (χ4n) is 21.0. The highest BCUT2D eigenvalue weighted by atomic mass is 32.1. The zero-order valence-corrected chi connectivity index (χ0v) is 72.1. The minimum absolute atomic E-state index is 1.20. The van der Waals surface area contributed by atoms with Crippen molar-refractivity contribution >= 4 is 259 Å². The lowest BCUT2D eigenvalue weighted by Gasteiger charge is -2.11. The molecule has 0 saturated carbocycles. The van der Waals surface area contributed by atoms with Gasteiger partial charge in [0.05, 0.1) is 66.2 Å². The molecule has 0 aliphatic rings. The summed E-state index contributed by atoms with van der Waals surface area (Å²) in [5.74, 6) is 0. The van der Waals surface area contributed by atoms with Gasteiger partial charge in [-0.3, -0.25) is 0 Å². The number of nitrogens with zero attached hydrogens (tertiary/aromatic N) is 6. The van der Waals surface area contributed by atoms with Crippen LogP contribution in [-0.4, -0.2) is 27.4 Å². The lowest BCUT2D eigenvalue weighted by molar-refractivity contribution is 1.22. The van der Waals surface area contributed by atoms with Crippen LogP contribution in [0.1, 0.15) is 0 Å². The van der Waals surface area contributed by atoms with E-state index in [0.717, 1.165) is 0 Å². The van der Waals surface area contributed by atoms with Crippen molar-refractivity contribution in [1.82, 2.24) is 27.4 Å². The van der Waals surface area contributed by atoms with Crippen LogP contribution in [0, 0.1) is 0 Å². The summed E-state index contributed by atoms with van der Waals surface area (Å²) in [5.41, 5.74) is 22.1. The minimum atomic E-state index is 1.20. The first-order chi connectivity index (χ1) is 62.6. The van der Waals surface area contributed by atoms with E-state index in [4.69, 9.17) is 0 Å². The van der Waals surface area contributed by atoms with Gasteiger partial charge in [-0.15, -0.1) is 68.0 Å². The first kappa shape index (κ1) is 70.8. The molecule has 29 aromatic rings. The first-order valence-electron chi connectivity index (χ1n) is 42.6. The number of hydrogen-bond donors (Lipinski definition) is 0. The second-order valence-corrected chi connectivity index (χ2v) is 38.8. The highest BCUT2D eigenvalue weighted by Crippen LogP contribution is 2.61. The van der Waals surface area contributed by atoms with Crippen LogP contribution in [0.25, 0.3) is 255 Å². The summed E-state index contributed by atoms with van der Waals surface area (Å²) < 4.78 is 23.1. The Morgan fingerprint density at radius 1 is 0.135 bits per heavy atom. The molecule has 0 radical (unpaired) electrons. The van der Waals surface area contributed by atoms with Crippen molar-refractivity contribution in [3.05, 3.63) is 400 Å². The fraction of sp³-hybridized carbons (Fsp3) is 0. The molecule has 0 amide bonds. The molecule has 12 aromatic heterocycles. The van der Waals surface area contributed by atoms with Crippen LogP contribution in [0.4, 0.5) is 0 Å². The van der Waals surface area contributed by atoms with Gasteiger partial charge < -0.3 is 27.4 Å². The fourth-order valence-corrected chi connectivity index (χ4v) is 29.3. The quantitative estimate of drug-likeness (QED) is 0.138. The number of hydrogen-bond acceptors (Lipinski definition) is 6. The zero-order chi connectivity index (χ0) is 82.1. The Labute approximate surface area is 744 Å². The van der Waals surface area contributed by atoms with Crippen LogP contribution in [0.15, 0.2) is 400 Å². The topological polar surface area (TPSA) is 29.6 Å². The molecule has 0 unspecified atom stereocenters. The second-order valence-electron chi connectivity index (χ2n) is 32.8. The molecular weight excluding hydrogens is 1650 g/mol. The van der Waals surface area contributed by atoms with E-state index in [1.54, 1.807) is 0 Å². The van der Waals surface area contributed by atoms with Gasteiger partial charge in [0, 0.05) is 142 Å². The molecule has 12 heteroatoms. The summed E-state index contributed by atoms with van der Waals surface area (Å²) in [5, 5.41) is 30.5. The molecule has 0 aliphatic carbocycles. The molecule has 17 aromatic carbocycles. The average molecular weight is 1710 g/mol. The maximum absolute atomic E-state index is 2.57. The van der Waals surface area contributed by atoms with Gasteiger partial charge >= 0.3 is 0 Å². The van der Waals surface area contributed by atoms with E-state index < -0.39 is 0 Å². The molecule has 12 heterocycles. The van der Waals surface area contributed by atoms with Gasteiger partial charge in [0.2, 0.25) is 0 Å². The Hall–Kier alpha value is -14.7. The smallest absolute Gasteiger partial charge is 0.109 e. The third kappa shape index (κ3) is 10.0. The molecule has 29 rings (SSSR count). The van der Waals surface area contributed by atoms with Crippen molar-refractivity contribution in [3.8, 4) is 63.4 Å². The molecule has 0 spiro atoms. The van der Waals surface area contributed by atoms with Gasteiger partial charge in [-0.25, -0.2) is 0 Å². The molecule has 0 bridgehead atoms. The lowest BCUT2D eigenvalue weighted by atomic mass is 9.95. The molecule has 588 valence electrons. The van der Waals surface area contributed by atoms with E-state index in [1.165, 1.54) is 255 Å². The van der Waals surface area contributed by atoms with Gasteiger partial charge in [0.25, 0.3) is 0 Å². The van der Waals surface area contributed by atoms with Crippen molar-refractivity contribution in [2.45, 2.75) is 0 Å². The third-order valence-electron chi connectivity index (χ3n) is 26.2. The monoisotopic (exact) mass is 1710 g/mol. The van der Waals surface area contributed by atoms with Crippen LogP contribution < -0.4 is 0 Å². The van der Waals surface area contributed by atoms with Gasteiger partial charge in [-0.2, -0.15) is 0 Å². The summed E-state index contributed by atoms with van der Waals surface area (Å²) in [6.07, 6.45) is 0. The number of rotatable bonds is 9. The number of aromatic nitrogens is 6. The van der Waals surface area contributed by atoms with Gasteiger partial charge in [0.1, 0.15) is 30.0 Å². The molecule has 0 saturated heterocycles. The number of benzene rings is 17. The zero-order valence-electron chi connectivity index (χ0n) is 67.2. The third-order valence-corrected chi connectivity index (χ3v) is 33.2. The van der Waals surface area contributed by atoms with Crippen molar-refractivity contribution in [1.29, 1.82) is 0 Å². The Morgan fingerprint density at radius 2 is 0.294 bits per heavy atom. The van der Waals surface area contributed by atoms with Crippen molar-refractivity contribution < 1.29 is 0 Å². The molecule has 0 fully saturated rings. The SMILES string of the molecule is c1ccc(-c2c(-n3c4ccccc4c4ccccc43)sc3c2c2sc(-n4c5ccccc5c5ccccc54)c(-c4ccccc4)c2c2sc(-n4c5ccccc5c5ccccc54)c(-c4ccccc4)c32)cc1.c1ccc2c(c1)c1ccccc1n2-c1cc2c(s1)c1cc(-n3c4ccccc4c4ccccc43)sc1c1cc(-n3c4ccccc4c4ccccc43)sc21. The second kappa shape index (κ2) is 27.4. The maximum atomic E-state index is 2.57. The first-order valence-corrected chi connectivity index (χ1v) is 47.5. The van der Waals surface area contributed by atoms with E-state index in [1.807, 2.05) is 68.0 Å². The lowest BCUT2D eigenvalue weighted by Crippen LogP contribution is -1.93. The van der Waals surface area contributed by atoms with Crippen molar-refractivity contribution in [2.75, 3.05) is 0 Å². The number of para-hydroxylation sites is 12. The van der Waals surface area contributed by atoms with E-state index >= 15 is 0 Å². The van der Waals surface area contributed by atoms with Crippen LogP contribution in [0.2, 0.25) is 0 Å². The molecule has 6 nitrogen and oxygen atoms in total. The maximum Gasteiger partial charge on any atom is 0.109 e. The van der Waals surface area contributed by atoms with E-state index in [2.05, 4.69) is 428 Å². The van der Waals surface area contributed by atoms with Gasteiger partial charge in [0.15, 0.2) is 0 Å². The molecular formula is C114H66N6S6. The Kier molecular flexibility index (Phi) is 15.4. The molecule has 0 aliphatic heterocycles. The van der Waals surface area contributed by atoms with Crippen LogP contribution in [0.3, 0.4) is 0 Å². The Bertz CT molecular complexity index is 8310. The highest BCUT2D eigenvalue weighted by Gasteiger charge is 2.34. The van der Waals surface area contributed by atoms with E-state index in [-0.39, 0.29) is 0 Å². The standard InChI is InChI=1S/C66H39N3S3.C48H27N3S3/c1-4-22-40(23-5-1)55-58-61(70-64(55)67-49-34-16-10-28-43(49)44-29-11-17-35-50(44)67)59-56(41-24-6-2-7-25-41)66(69-53-38-20-14-32-47(53)48-33-15-21-39-54(48)69)72-63(59)60-57(42-26-8-3-9-27-42)65(71-62(58)60)68-51-36-18-12-30-45(51)46-31-13-19-37-52(46)68;1-7-19-37-28(13-1)29-14-2-8-20-38(29)49(37)43-25-34-46(52-43)35-26-44(50-39-21-9-3-15-30(39)31-16-4-10-22-40(31)50)54-48(35)36-27-45(53-47(34)36)51-41-23-11-5-17-32(41)33-18-6-12-24-42(33)51/h1-39H;1-27H. The van der Waals surface area contributed by atoms with E-state index in [9.17, 15) is 0 Å². The van der Waals surface area contributed by atoms with Crippen molar-refractivity contribution in [2.24, 2.45) is 0 Å². The van der Waals surface area contributed by atoms with E-state index in [0.29, 0.717) is 0 Å². The van der Waals surface area contributed by atoms with Crippen LogP contribution in [-0.2, 0) is 0 Å². The summed E-state index contributed by atoms with van der Waals surface area (Å²) >= 11 is 11.6. The number of thiophene rings is 6. The summed E-state index contributed by atoms with van der Waals surface area (Å²) in [7, 11) is 0. The Morgan fingerprint density at radius 3 is 0.476 bits per heavy atom. The normalized spacial score (nSPS) is 12.3. The van der Waals surface area contributed by atoms with Crippen molar-refractivity contribution in [3.63, 3.8) is 0 Å². The molecule has 0 N–H and O–H groups in total. The highest BCUT2D eigenvalue weighted by molar-refractivity contribution is 7.31. The van der Waals surface area contributed by atoms with Crippen LogP contribution >= 0.6 is 68.0 Å². The average Bonchev–Trinajstić information content (AvgIpc) is 1.51. The predicted molar refractivity (Wildman–Crippen MR) is 548 cm³/mol. The summed E-state index contributed by atoms with van der Waals surface area (Å²) in [6, 6.07) is 148. The molecule has 0 atom stereocenters. The predicted octanol–water partition coefficient (Wildman–Crippen LogP) is 34.2. The minimum Gasteiger partial charge on any atom is -0.301 e.